The van der Waals surface area contributed by atoms with Gasteiger partial charge >= 0.3 is 0 Å². The van der Waals surface area contributed by atoms with E-state index < -0.39 is 5.60 Å². The van der Waals surface area contributed by atoms with Crippen LogP contribution in [0.25, 0.3) is 16.7 Å². The predicted octanol–water partition coefficient (Wildman–Crippen LogP) is 3.86. The van der Waals surface area contributed by atoms with Gasteiger partial charge in [0.1, 0.15) is 0 Å². The van der Waals surface area contributed by atoms with Crippen molar-refractivity contribution < 1.29 is 9.53 Å². The SMILES string of the molecule is Cc1cn(-c2ccccc2)nc1OC(C)(C)C(=O)Nc1nc2ccccc2n1C. The molecule has 7 heteroatoms. The summed E-state index contributed by atoms with van der Waals surface area (Å²) in [5.41, 5.74) is 2.39. The van der Waals surface area contributed by atoms with Crippen LogP contribution in [0.1, 0.15) is 19.4 Å². The highest BCUT2D eigenvalue weighted by Gasteiger charge is 2.32. The summed E-state index contributed by atoms with van der Waals surface area (Å²) in [6.07, 6.45) is 1.88. The molecule has 2 heterocycles. The summed E-state index contributed by atoms with van der Waals surface area (Å²) in [7, 11) is 1.87. The van der Waals surface area contributed by atoms with Crippen molar-refractivity contribution in [3.05, 3.63) is 66.4 Å². The highest BCUT2D eigenvalue weighted by Crippen LogP contribution is 2.24. The first-order chi connectivity index (χ1) is 13.8. The molecule has 0 aliphatic carbocycles. The summed E-state index contributed by atoms with van der Waals surface area (Å²) in [6, 6.07) is 17.5. The fraction of sp³-hybridized carbons (Fsp3) is 0.227. The van der Waals surface area contributed by atoms with Crippen molar-refractivity contribution in [1.82, 2.24) is 19.3 Å². The number of para-hydroxylation sites is 3. The molecule has 0 radical (unpaired) electrons. The van der Waals surface area contributed by atoms with E-state index in [4.69, 9.17) is 4.74 Å². The van der Waals surface area contributed by atoms with Gasteiger partial charge in [0.25, 0.3) is 5.91 Å². The molecule has 1 amide bonds. The van der Waals surface area contributed by atoms with Crippen molar-refractivity contribution in [2.24, 2.45) is 7.05 Å². The molecule has 0 aliphatic rings. The van der Waals surface area contributed by atoms with Crippen LogP contribution in [0, 0.1) is 6.92 Å². The van der Waals surface area contributed by atoms with Gasteiger partial charge in [0.15, 0.2) is 5.60 Å². The van der Waals surface area contributed by atoms with E-state index in [9.17, 15) is 4.79 Å². The maximum absolute atomic E-state index is 12.9. The van der Waals surface area contributed by atoms with Crippen molar-refractivity contribution in [1.29, 1.82) is 0 Å². The van der Waals surface area contributed by atoms with E-state index in [1.54, 1.807) is 18.5 Å². The molecule has 0 aliphatic heterocycles. The van der Waals surface area contributed by atoms with Crippen LogP contribution in [0.4, 0.5) is 5.95 Å². The van der Waals surface area contributed by atoms with E-state index in [0.717, 1.165) is 22.3 Å². The van der Waals surface area contributed by atoms with Crippen LogP contribution < -0.4 is 10.1 Å². The molecule has 0 fully saturated rings. The molecule has 1 N–H and O–H groups in total. The van der Waals surface area contributed by atoms with Crippen molar-refractivity contribution >= 4 is 22.9 Å². The Morgan fingerprint density at radius 3 is 2.48 bits per heavy atom. The molecule has 29 heavy (non-hydrogen) atoms. The van der Waals surface area contributed by atoms with Gasteiger partial charge in [0.2, 0.25) is 11.8 Å². The van der Waals surface area contributed by atoms with Crippen LogP contribution in [0.2, 0.25) is 0 Å². The van der Waals surface area contributed by atoms with Gasteiger partial charge in [-0.15, -0.1) is 5.10 Å². The van der Waals surface area contributed by atoms with Crippen LogP contribution in [0.5, 0.6) is 5.88 Å². The Bertz CT molecular complexity index is 1170. The van der Waals surface area contributed by atoms with Crippen molar-refractivity contribution in [3.63, 3.8) is 0 Å². The lowest BCUT2D eigenvalue weighted by Gasteiger charge is -2.24. The van der Waals surface area contributed by atoms with Gasteiger partial charge < -0.3 is 9.30 Å². The van der Waals surface area contributed by atoms with Crippen LogP contribution in [-0.2, 0) is 11.8 Å². The summed E-state index contributed by atoms with van der Waals surface area (Å²) in [4.78, 5) is 17.4. The molecular formula is C22H23N5O2. The number of benzene rings is 2. The minimum Gasteiger partial charge on any atom is -0.460 e. The third-order valence-corrected chi connectivity index (χ3v) is 4.78. The van der Waals surface area contributed by atoms with Gasteiger partial charge in [0, 0.05) is 18.8 Å². The first-order valence-corrected chi connectivity index (χ1v) is 9.39. The van der Waals surface area contributed by atoms with E-state index in [-0.39, 0.29) is 5.91 Å². The van der Waals surface area contributed by atoms with Gasteiger partial charge in [-0.05, 0) is 45.0 Å². The number of nitrogens with zero attached hydrogens (tertiary/aromatic N) is 4. The van der Waals surface area contributed by atoms with Gasteiger partial charge in [-0.3, -0.25) is 10.1 Å². The smallest absolute Gasteiger partial charge is 0.270 e. The number of carbonyl (C=O) groups is 1. The first kappa shape index (κ1) is 18.7. The normalized spacial score (nSPS) is 11.6. The number of ether oxygens (including phenoxy) is 1. The number of amides is 1. The molecule has 4 rings (SSSR count). The van der Waals surface area contributed by atoms with Crippen molar-refractivity contribution in [3.8, 4) is 11.6 Å². The summed E-state index contributed by atoms with van der Waals surface area (Å²) in [5, 5.41) is 7.37. The molecule has 0 unspecified atom stereocenters. The number of hydrogen-bond acceptors (Lipinski definition) is 4. The molecule has 0 saturated carbocycles. The second-order valence-corrected chi connectivity index (χ2v) is 7.45. The first-order valence-electron chi connectivity index (χ1n) is 9.39. The Morgan fingerprint density at radius 1 is 1.07 bits per heavy atom. The number of anilines is 1. The summed E-state index contributed by atoms with van der Waals surface area (Å²) in [5.74, 6) is 0.586. The van der Waals surface area contributed by atoms with Crippen LogP contribution in [-0.4, -0.2) is 30.8 Å². The van der Waals surface area contributed by atoms with Crippen LogP contribution in [0.3, 0.4) is 0 Å². The van der Waals surface area contributed by atoms with Gasteiger partial charge in [0.05, 0.1) is 16.7 Å². The van der Waals surface area contributed by atoms with Gasteiger partial charge in [-0.25, -0.2) is 9.67 Å². The zero-order valence-corrected chi connectivity index (χ0v) is 16.9. The minimum absolute atomic E-state index is 0.301. The Kier molecular flexibility index (Phi) is 4.58. The number of aryl methyl sites for hydroxylation is 2. The highest BCUT2D eigenvalue weighted by molar-refractivity contribution is 5.97. The van der Waals surface area contributed by atoms with Crippen LogP contribution in [0.15, 0.2) is 60.8 Å². The predicted molar refractivity (Wildman–Crippen MR) is 112 cm³/mol. The fourth-order valence-electron chi connectivity index (χ4n) is 3.06. The quantitative estimate of drug-likeness (QED) is 0.562. The zero-order valence-electron chi connectivity index (χ0n) is 16.9. The average molecular weight is 389 g/mol. The van der Waals surface area contributed by atoms with E-state index in [2.05, 4.69) is 15.4 Å². The maximum Gasteiger partial charge on any atom is 0.270 e. The molecule has 4 aromatic rings. The van der Waals surface area contributed by atoms with E-state index in [1.165, 1.54) is 0 Å². The Balaban J connectivity index is 1.54. The number of aromatic nitrogens is 4. The number of imidazole rings is 1. The number of fused-ring (bicyclic) bond motifs is 1. The van der Waals surface area contributed by atoms with Crippen molar-refractivity contribution in [2.45, 2.75) is 26.4 Å². The number of rotatable bonds is 5. The molecule has 0 bridgehead atoms. The van der Waals surface area contributed by atoms with E-state index in [0.29, 0.717) is 11.8 Å². The standard InChI is InChI=1S/C22H23N5O2/c1-15-14-27(16-10-6-5-7-11-16)25-19(15)29-22(2,3)20(28)24-21-23-17-12-8-9-13-18(17)26(21)4/h5-14H,1-4H3,(H,23,24,28). The minimum atomic E-state index is -1.14. The summed E-state index contributed by atoms with van der Waals surface area (Å²) < 4.78 is 9.59. The summed E-state index contributed by atoms with van der Waals surface area (Å²) >= 11 is 0. The van der Waals surface area contributed by atoms with Gasteiger partial charge in [-0.2, -0.15) is 0 Å². The fourth-order valence-corrected chi connectivity index (χ4v) is 3.06. The number of carbonyl (C=O) groups excluding carboxylic acids is 1. The average Bonchev–Trinajstić information content (AvgIpc) is 3.22. The lowest BCUT2D eigenvalue weighted by atomic mass is 10.1. The molecule has 2 aromatic heterocycles. The van der Waals surface area contributed by atoms with Crippen molar-refractivity contribution in [2.75, 3.05) is 5.32 Å². The molecular weight excluding hydrogens is 366 g/mol. The monoisotopic (exact) mass is 389 g/mol. The molecule has 2 aromatic carbocycles. The molecule has 0 spiro atoms. The third-order valence-electron chi connectivity index (χ3n) is 4.78. The Labute approximate surface area is 168 Å². The van der Waals surface area contributed by atoms with Crippen LogP contribution >= 0.6 is 0 Å². The molecule has 7 nitrogen and oxygen atoms in total. The highest BCUT2D eigenvalue weighted by atomic mass is 16.5. The number of nitrogens with one attached hydrogen (secondary N) is 1. The Morgan fingerprint density at radius 2 is 1.76 bits per heavy atom. The number of hydrogen-bond donors (Lipinski definition) is 1. The zero-order chi connectivity index (χ0) is 20.6. The summed E-state index contributed by atoms with van der Waals surface area (Å²) in [6.45, 7) is 5.33. The van der Waals surface area contributed by atoms with E-state index in [1.807, 2.05) is 79.3 Å². The van der Waals surface area contributed by atoms with Gasteiger partial charge in [-0.1, -0.05) is 30.3 Å². The largest absolute Gasteiger partial charge is 0.460 e. The topological polar surface area (TPSA) is 74.0 Å². The maximum atomic E-state index is 12.9. The lowest BCUT2D eigenvalue weighted by molar-refractivity contribution is -0.128. The second kappa shape index (κ2) is 7.09. The molecule has 0 saturated heterocycles. The second-order valence-electron chi connectivity index (χ2n) is 7.45. The van der Waals surface area contributed by atoms with E-state index >= 15 is 0 Å². The lowest BCUT2D eigenvalue weighted by Crippen LogP contribution is -2.43. The Hall–Kier alpha value is -3.61. The third kappa shape index (κ3) is 3.59. The molecule has 0 atom stereocenters. The molecule has 148 valence electrons.